The number of methoxy groups -OCH3 is 1. The van der Waals surface area contributed by atoms with Gasteiger partial charge in [-0.15, -0.1) is 0 Å². The third kappa shape index (κ3) is 1.39. The summed E-state index contributed by atoms with van der Waals surface area (Å²) in [4.78, 5) is 3.38. The molecule has 2 aromatic carbocycles. The molecule has 3 rings (SSSR count). The molecule has 2 nitrogen and oxygen atoms in total. The third-order valence-corrected chi connectivity index (χ3v) is 3.26. The molecule has 3 heteroatoms. The lowest BCUT2D eigenvalue weighted by molar-refractivity contribution is 0.415. The lowest BCUT2D eigenvalue weighted by Gasteiger charge is -1.98. The monoisotopic (exact) mass is 275 g/mol. The first-order chi connectivity index (χ1) is 7.78. The molecule has 1 heterocycles. The van der Waals surface area contributed by atoms with Crippen LogP contribution in [0.1, 0.15) is 0 Å². The minimum atomic E-state index is 0.885. The fourth-order valence-electron chi connectivity index (χ4n) is 1.98. The molecule has 1 N–H and O–H groups in total. The number of hydrogen-bond donors (Lipinski definition) is 1. The number of aromatic amines is 1. The zero-order chi connectivity index (χ0) is 11.1. The Morgan fingerprint density at radius 1 is 1.00 bits per heavy atom. The Hall–Kier alpha value is -1.48. The van der Waals surface area contributed by atoms with Crippen molar-refractivity contribution in [1.29, 1.82) is 0 Å². The second-order valence-electron chi connectivity index (χ2n) is 3.73. The highest BCUT2D eigenvalue weighted by atomic mass is 79.9. The largest absolute Gasteiger partial charge is 0.497 e. The highest BCUT2D eigenvalue weighted by molar-refractivity contribution is 9.10. The first-order valence-corrected chi connectivity index (χ1v) is 5.82. The summed E-state index contributed by atoms with van der Waals surface area (Å²) in [7, 11) is 1.69. The zero-order valence-electron chi connectivity index (χ0n) is 8.75. The van der Waals surface area contributed by atoms with Gasteiger partial charge in [-0.3, -0.25) is 0 Å². The maximum atomic E-state index is 5.24. The van der Waals surface area contributed by atoms with Crippen molar-refractivity contribution in [2.45, 2.75) is 0 Å². The van der Waals surface area contributed by atoms with Crippen LogP contribution >= 0.6 is 15.9 Å². The number of rotatable bonds is 1. The van der Waals surface area contributed by atoms with Crippen molar-refractivity contribution in [1.82, 2.24) is 4.98 Å². The van der Waals surface area contributed by atoms with Gasteiger partial charge in [-0.2, -0.15) is 0 Å². The number of ether oxygens (including phenoxy) is 1. The van der Waals surface area contributed by atoms with Crippen molar-refractivity contribution < 1.29 is 4.74 Å². The standard InChI is InChI=1S/C13H10BrNO/c1-16-9-3-5-12-11(7-9)10-4-2-8(14)6-13(10)15-12/h2-7,15H,1H3. The van der Waals surface area contributed by atoms with Crippen LogP contribution in [0.4, 0.5) is 0 Å². The molecule has 0 aliphatic rings. The number of H-pyrrole nitrogens is 1. The van der Waals surface area contributed by atoms with E-state index in [9.17, 15) is 0 Å². The van der Waals surface area contributed by atoms with Crippen LogP contribution in [0.2, 0.25) is 0 Å². The summed E-state index contributed by atoms with van der Waals surface area (Å²) < 4.78 is 6.32. The molecular weight excluding hydrogens is 266 g/mol. The lowest BCUT2D eigenvalue weighted by Crippen LogP contribution is -1.80. The SMILES string of the molecule is COc1ccc2[nH]c3cc(Br)ccc3c2c1. The quantitative estimate of drug-likeness (QED) is 0.711. The number of nitrogens with one attached hydrogen (secondary N) is 1. The van der Waals surface area contributed by atoms with Crippen LogP contribution < -0.4 is 4.74 Å². The van der Waals surface area contributed by atoms with E-state index in [1.165, 1.54) is 10.8 Å². The topological polar surface area (TPSA) is 25.0 Å². The zero-order valence-corrected chi connectivity index (χ0v) is 10.3. The Bertz CT molecular complexity index is 672. The summed E-state index contributed by atoms with van der Waals surface area (Å²) in [6.45, 7) is 0. The number of hydrogen-bond acceptors (Lipinski definition) is 1. The van der Waals surface area contributed by atoms with Gasteiger partial charge in [0.15, 0.2) is 0 Å². The summed E-state index contributed by atoms with van der Waals surface area (Å²) >= 11 is 3.47. The molecule has 0 atom stereocenters. The summed E-state index contributed by atoms with van der Waals surface area (Å²) in [5.74, 6) is 0.885. The molecular formula is C13H10BrNO. The van der Waals surface area contributed by atoms with E-state index < -0.39 is 0 Å². The Morgan fingerprint density at radius 3 is 2.69 bits per heavy atom. The van der Waals surface area contributed by atoms with E-state index in [2.05, 4.69) is 45.2 Å². The van der Waals surface area contributed by atoms with Crippen LogP contribution in [0, 0.1) is 0 Å². The van der Waals surface area contributed by atoms with Gasteiger partial charge in [0.2, 0.25) is 0 Å². The van der Waals surface area contributed by atoms with Crippen molar-refractivity contribution in [3.63, 3.8) is 0 Å². The molecule has 0 saturated heterocycles. The molecule has 0 unspecified atom stereocenters. The predicted octanol–water partition coefficient (Wildman–Crippen LogP) is 4.09. The molecule has 0 spiro atoms. The molecule has 0 aliphatic heterocycles. The number of halogens is 1. The summed E-state index contributed by atoms with van der Waals surface area (Å²) in [6.07, 6.45) is 0. The van der Waals surface area contributed by atoms with E-state index in [1.54, 1.807) is 7.11 Å². The maximum absolute atomic E-state index is 5.24. The van der Waals surface area contributed by atoms with Crippen molar-refractivity contribution in [2.75, 3.05) is 7.11 Å². The Morgan fingerprint density at radius 2 is 1.88 bits per heavy atom. The molecule has 1 aromatic heterocycles. The Labute approximate surface area is 101 Å². The average molecular weight is 276 g/mol. The van der Waals surface area contributed by atoms with Crippen molar-refractivity contribution in [3.8, 4) is 5.75 Å². The molecule has 0 aliphatic carbocycles. The van der Waals surface area contributed by atoms with E-state index in [0.29, 0.717) is 0 Å². The lowest BCUT2D eigenvalue weighted by atomic mass is 10.1. The molecule has 0 amide bonds. The second kappa shape index (κ2) is 3.52. The first kappa shape index (κ1) is 9.73. The van der Waals surface area contributed by atoms with Gasteiger partial charge < -0.3 is 9.72 Å². The van der Waals surface area contributed by atoms with Gasteiger partial charge in [0.25, 0.3) is 0 Å². The van der Waals surface area contributed by atoms with E-state index >= 15 is 0 Å². The van der Waals surface area contributed by atoms with Crippen molar-refractivity contribution in [2.24, 2.45) is 0 Å². The smallest absolute Gasteiger partial charge is 0.119 e. The summed E-state index contributed by atoms with van der Waals surface area (Å²) in [5.41, 5.74) is 2.27. The molecule has 3 aromatic rings. The van der Waals surface area contributed by atoms with Crippen LogP contribution in [0.15, 0.2) is 40.9 Å². The Kier molecular flexibility index (Phi) is 2.14. The van der Waals surface area contributed by atoms with Gasteiger partial charge in [-0.1, -0.05) is 22.0 Å². The molecule has 0 saturated carbocycles. The van der Waals surface area contributed by atoms with E-state index in [-0.39, 0.29) is 0 Å². The normalized spacial score (nSPS) is 11.1. The van der Waals surface area contributed by atoms with Crippen LogP contribution in [0.25, 0.3) is 21.8 Å². The second-order valence-corrected chi connectivity index (χ2v) is 4.64. The van der Waals surface area contributed by atoms with Crippen LogP contribution in [0.5, 0.6) is 5.75 Å². The third-order valence-electron chi connectivity index (χ3n) is 2.77. The molecule has 80 valence electrons. The molecule has 0 radical (unpaired) electrons. The number of fused-ring (bicyclic) bond motifs is 3. The minimum absolute atomic E-state index is 0.885. The average Bonchev–Trinajstić information content (AvgIpc) is 2.65. The van der Waals surface area contributed by atoms with E-state index in [0.717, 1.165) is 21.3 Å². The van der Waals surface area contributed by atoms with Crippen LogP contribution in [-0.2, 0) is 0 Å². The van der Waals surface area contributed by atoms with Gasteiger partial charge in [0.05, 0.1) is 7.11 Å². The summed E-state index contributed by atoms with van der Waals surface area (Å²) in [6, 6.07) is 12.3. The van der Waals surface area contributed by atoms with E-state index in [4.69, 9.17) is 4.74 Å². The summed E-state index contributed by atoms with van der Waals surface area (Å²) in [5, 5.41) is 2.42. The van der Waals surface area contributed by atoms with Gasteiger partial charge >= 0.3 is 0 Å². The minimum Gasteiger partial charge on any atom is -0.497 e. The fourth-order valence-corrected chi connectivity index (χ4v) is 2.34. The highest BCUT2D eigenvalue weighted by Crippen LogP contribution is 2.30. The molecule has 0 fully saturated rings. The van der Waals surface area contributed by atoms with Crippen LogP contribution in [-0.4, -0.2) is 12.1 Å². The van der Waals surface area contributed by atoms with Gasteiger partial charge in [0.1, 0.15) is 5.75 Å². The van der Waals surface area contributed by atoms with Gasteiger partial charge in [0, 0.05) is 26.3 Å². The predicted molar refractivity (Wildman–Crippen MR) is 70.1 cm³/mol. The molecule has 16 heavy (non-hydrogen) atoms. The van der Waals surface area contributed by atoms with Gasteiger partial charge in [-0.05, 0) is 30.3 Å². The number of benzene rings is 2. The van der Waals surface area contributed by atoms with Gasteiger partial charge in [-0.25, -0.2) is 0 Å². The fraction of sp³-hybridized carbons (Fsp3) is 0.0769. The maximum Gasteiger partial charge on any atom is 0.119 e. The van der Waals surface area contributed by atoms with Crippen LogP contribution in [0.3, 0.4) is 0 Å². The van der Waals surface area contributed by atoms with Crippen molar-refractivity contribution in [3.05, 3.63) is 40.9 Å². The van der Waals surface area contributed by atoms with E-state index in [1.807, 2.05) is 12.1 Å². The Balaban J connectivity index is 2.42. The molecule has 0 bridgehead atoms. The first-order valence-electron chi connectivity index (χ1n) is 5.03. The number of aromatic nitrogens is 1. The van der Waals surface area contributed by atoms with Crippen molar-refractivity contribution >= 4 is 37.7 Å². The highest BCUT2D eigenvalue weighted by Gasteiger charge is 2.05.